The standard InChI is InChI=1S/C20H28N4O4S2/c1-5-6-7-10-29-14-8-9-16(15(11-14)21-17(25)12-23(2)3)24-18(26)13-30-19(24)22-20(27)28-4/h8-9,11H,5-7,10,12-13H2,1-4H3,(H,21,25). The molecule has 30 heavy (non-hydrogen) atoms. The maximum Gasteiger partial charge on any atom is 0.435 e. The Morgan fingerprint density at radius 3 is 2.77 bits per heavy atom. The Hall–Kier alpha value is -2.04. The number of anilines is 2. The maximum absolute atomic E-state index is 12.5. The molecule has 1 aliphatic rings. The highest BCUT2D eigenvalue weighted by Gasteiger charge is 2.32. The summed E-state index contributed by atoms with van der Waals surface area (Å²) in [6, 6.07) is 5.56. The summed E-state index contributed by atoms with van der Waals surface area (Å²) in [4.78, 5) is 44.6. The Bertz CT molecular complexity index is 814. The van der Waals surface area contributed by atoms with Gasteiger partial charge in [-0.1, -0.05) is 31.5 Å². The van der Waals surface area contributed by atoms with Gasteiger partial charge in [-0.3, -0.25) is 14.5 Å². The lowest BCUT2D eigenvalue weighted by Crippen LogP contribution is -2.32. The number of nitrogens with zero attached hydrogens (tertiary/aromatic N) is 3. The Morgan fingerprint density at radius 2 is 2.10 bits per heavy atom. The van der Waals surface area contributed by atoms with E-state index in [1.54, 1.807) is 22.7 Å². The van der Waals surface area contributed by atoms with Crippen molar-refractivity contribution < 1.29 is 19.1 Å². The summed E-state index contributed by atoms with van der Waals surface area (Å²) in [7, 11) is 4.85. The molecule has 0 unspecified atom stereocenters. The minimum atomic E-state index is -0.779. The van der Waals surface area contributed by atoms with Crippen LogP contribution in [-0.2, 0) is 14.3 Å². The molecule has 0 aliphatic carbocycles. The fourth-order valence-corrected chi connectivity index (χ4v) is 4.52. The number of aliphatic imine (C=N–C) groups is 1. The van der Waals surface area contributed by atoms with Crippen molar-refractivity contribution in [2.75, 3.05) is 49.5 Å². The molecule has 1 saturated heterocycles. The van der Waals surface area contributed by atoms with E-state index >= 15 is 0 Å². The number of hydrogen-bond donors (Lipinski definition) is 1. The normalized spacial score (nSPS) is 15.2. The summed E-state index contributed by atoms with van der Waals surface area (Å²) < 4.78 is 4.60. The van der Waals surface area contributed by atoms with Crippen LogP contribution in [0.15, 0.2) is 28.1 Å². The molecule has 10 heteroatoms. The average Bonchev–Trinajstić information content (AvgIpc) is 3.04. The van der Waals surface area contributed by atoms with E-state index in [-0.39, 0.29) is 29.3 Å². The number of benzene rings is 1. The number of nitrogens with one attached hydrogen (secondary N) is 1. The highest BCUT2D eigenvalue weighted by atomic mass is 32.2. The minimum Gasteiger partial charge on any atom is -0.451 e. The molecule has 0 bridgehead atoms. The van der Waals surface area contributed by atoms with Crippen molar-refractivity contribution in [2.24, 2.45) is 4.99 Å². The van der Waals surface area contributed by atoms with Crippen LogP contribution in [0.3, 0.4) is 0 Å². The Balaban J connectivity index is 2.35. The molecular weight excluding hydrogens is 424 g/mol. The lowest BCUT2D eigenvalue weighted by atomic mass is 10.2. The van der Waals surface area contributed by atoms with Crippen molar-refractivity contribution >= 4 is 58.0 Å². The number of likely N-dealkylation sites (N-methyl/N-ethyl adjacent to an activating group) is 1. The van der Waals surface area contributed by atoms with E-state index in [1.165, 1.54) is 18.4 Å². The lowest BCUT2D eigenvalue weighted by Gasteiger charge is -2.21. The van der Waals surface area contributed by atoms with Crippen LogP contribution in [0.4, 0.5) is 16.2 Å². The van der Waals surface area contributed by atoms with Crippen LogP contribution in [-0.4, -0.2) is 67.2 Å². The highest BCUT2D eigenvalue weighted by molar-refractivity contribution is 8.15. The van der Waals surface area contributed by atoms with Crippen LogP contribution < -0.4 is 10.2 Å². The highest BCUT2D eigenvalue weighted by Crippen LogP contribution is 2.36. The van der Waals surface area contributed by atoms with Crippen LogP contribution in [0.1, 0.15) is 26.2 Å². The number of methoxy groups -OCH3 is 1. The predicted octanol–water partition coefficient (Wildman–Crippen LogP) is 3.67. The van der Waals surface area contributed by atoms with Crippen molar-refractivity contribution in [3.05, 3.63) is 18.2 Å². The van der Waals surface area contributed by atoms with Crippen molar-refractivity contribution in [1.29, 1.82) is 0 Å². The number of carbonyl (C=O) groups is 3. The van der Waals surface area contributed by atoms with Gasteiger partial charge in [-0.15, -0.1) is 11.8 Å². The van der Waals surface area contributed by atoms with Crippen molar-refractivity contribution in [3.63, 3.8) is 0 Å². The molecule has 164 valence electrons. The molecule has 0 atom stereocenters. The number of hydrogen-bond acceptors (Lipinski definition) is 7. The van der Waals surface area contributed by atoms with Crippen LogP contribution in [0.25, 0.3) is 0 Å². The van der Waals surface area contributed by atoms with Gasteiger partial charge in [0.15, 0.2) is 5.17 Å². The predicted molar refractivity (Wildman–Crippen MR) is 124 cm³/mol. The molecule has 1 N–H and O–H groups in total. The van der Waals surface area contributed by atoms with Gasteiger partial charge >= 0.3 is 6.09 Å². The zero-order valence-corrected chi connectivity index (χ0v) is 19.4. The molecule has 0 spiro atoms. The molecule has 1 aromatic rings. The topological polar surface area (TPSA) is 91.3 Å². The number of unbranched alkanes of at least 4 members (excludes halogenated alkanes) is 2. The second-order valence-electron chi connectivity index (χ2n) is 6.90. The first-order valence-corrected chi connectivity index (χ1v) is 11.7. The third kappa shape index (κ3) is 7.03. The lowest BCUT2D eigenvalue weighted by molar-refractivity contribution is -0.117. The number of rotatable bonds is 9. The molecule has 0 saturated carbocycles. The van der Waals surface area contributed by atoms with E-state index in [0.717, 1.165) is 35.3 Å². The number of amidine groups is 1. The molecule has 0 radical (unpaired) electrons. The largest absolute Gasteiger partial charge is 0.451 e. The monoisotopic (exact) mass is 452 g/mol. The fourth-order valence-electron chi connectivity index (χ4n) is 2.72. The Kier molecular flexibility index (Phi) is 9.67. The quantitative estimate of drug-likeness (QED) is 0.451. The van der Waals surface area contributed by atoms with E-state index in [4.69, 9.17) is 0 Å². The van der Waals surface area contributed by atoms with Gasteiger partial charge in [-0.25, -0.2) is 4.79 Å². The summed E-state index contributed by atoms with van der Waals surface area (Å²) >= 11 is 2.87. The zero-order valence-electron chi connectivity index (χ0n) is 17.8. The molecule has 8 nitrogen and oxygen atoms in total. The molecular formula is C20H28N4O4S2. The first-order chi connectivity index (χ1) is 14.3. The summed E-state index contributed by atoms with van der Waals surface area (Å²) in [5, 5.41) is 3.14. The van der Waals surface area contributed by atoms with Crippen LogP contribution in [0.2, 0.25) is 0 Å². The van der Waals surface area contributed by atoms with Crippen molar-refractivity contribution in [3.8, 4) is 0 Å². The van der Waals surface area contributed by atoms with Gasteiger partial charge in [0.2, 0.25) is 11.8 Å². The first kappa shape index (κ1) is 24.2. The molecule has 3 amide bonds. The molecule has 2 rings (SSSR count). The fraction of sp³-hybridized carbons (Fsp3) is 0.500. The van der Waals surface area contributed by atoms with Gasteiger partial charge in [-0.2, -0.15) is 4.99 Å². The zero-order chi connectivity index (χ0) is 22.1. The van der Waals surface area contributed by atoms with Gasteiger partial charge < -0.3 is 15.0 Å². The molecule has 0 aromatic heterocycles. The van der Waals surface area contributed by atoms with Gasteiger partial charge in [0.1, 0.15) is 0 Å². The Morgan fingerprint density at radius 1 is 1.33 bits per heavy atom. The minimum absolute atomic E-state index is 0.161. The van der Waals surface area contributed by atoms with Crippen LogP contribution in [0, 0.1) is 0 Å². The summed E-state index contributed by atoms with van der Waals surface area (Å²) in [5.41, 5.74) is 0.994. The van der Waals surface area contributed by atoms with Crippen molar-refractivity contribution in [2.45, 2.75) is 31.1 Å². The summed E-state index contributed by atoms with van der Waals surface area (Å²) in [6.45, 7) is 2.37. The number of amides is 3. The van der Waals surface area contributed by atoms with Gasteiger partial charge in [-0.05, 0) is 44.5 Å². The number of thioether (sulfide) groups is 2. The van der Waals surface area contributed by atoms with E-state index < -0.39 is 6.09 Å². The second-order valence-corrected chi connectivity index (χ2v) is 9.01. The summed E-state index contributed by atoms with van der Waals surface area (Å²) in [6.07, 6.45) is 2.66. The summed E-state index contributed by atoms with van der Waals surface area (Å²) in [5.74, 6) is 0.731. The maximum atomic E-state index is 12.5. The average molecular weight is 453 g/mol. The first-order valence-electron chi connectivity index (χ1n) is 9.69. The van der Waals surface area contributed by atoms with Crippen molar-refractivity contribution in [1.82, 2.24) is 4.90 Å². The van der Waals surface area contributed by atoms with Crippen LogP contribution >= 0.6 is 23.5 Å². The molecule has 1 aliphatic heterocycles. The van der Waals surface area contributed by atoms with Crippen LogP contribution in [0.5, 0.6) is 0 Å². The third-order valence-electron chi connectivity index (χ3n) is 4.09. The van der Waals surface area contributed by atoms with E-state index in [2.05, 4.69) is 22.0 Å². The third-order valence-corrected chi connectivity index (χ3v) is 6.09. The van der Waals surface area contributed by atoms with E-state index in [9.17, 15) is 14.4 Å². The van der Waals surface area contributed by atoms with Gasteiger partial charge in [0.25, 0.3) is 0 Å². The van der Waals surface area contributed by atoms with Gasteiger partial charge in [0, 0.05) is 4.90 Å². The number of ether oxygens (including phenoxy) is 1. The molecule has 1 fully saturated rings. The molecule has 1 heterocycles. The van der Waals surface area contributed by atoms with E-state index in [1.807, 2.05) is 26.2 Å². The smallest absolute Gasteiger partial charge is 0.435 e. The SMILES string of the molecule is CCCCCSc1ccc(N2C(=O)CSC2=NC(=O)OC)c(NC(=O)CN(C)C)c1. The van der Waals surface area contributed by atoms with E-state index in [0.29, 0.717) is 11.4 Å². The Labute approximate surface area is 185 Å². The molecule has 1 aromatic carbocycles. The number of carbonyl (C=O) groups excluding carboxylic acids is 3. The second kappa shape index (κ2) is 12.0. The van der Waals surface area contributed by atoms with Gasteiger partial charge in [0.05, 0.1) is 30.8 Å².